The van der Waals surface area contributed by atoms with E-state index >= 15 is 0 Å². The molecule has 3 nitrogen and oxygen atoms in total. The Morgan fingerprint density at radius 3 is 2.67 bits per heavy atom. The van der Waals surface area contributed by atoms with Gasteiger partial charge in [0.25, 0.3) is 0 Å². The third-order valence-electron chi connectivity index (χ3n) is 5.80. The van der Waals surface area contributed by atoms with Crippen LogP contribution in [-0.2, 0) is 11.4 Å². The Kier molecular flexibility index (Phi) is 5.68. The number of hydrogen-bond acceptors (Lipinski definition) is 3. The zero-order valence-electron chi connectivity index (χ0n) is 17.5. The average molecular weight is 460 g/mol. The summed E-state index contributed by atoms with van der Waals surface area (Å²) in [5.74, 6) is -1.24. The summed E-state index contributed by atoms with van der Waals surface area (Å²) >= 11 is 4.03. The van der Waals surface area contributed by atoms with Crippen LogP contribution >= 0.6 is 12.6 Å². The first-order chi connectivity index (χ1) is 16.0. The van der Waals surface area contributed by atoms with Gasteiger partial charge in [-0.05, 0) is 47.0 Å². The number of nitrogens with zero attached hydrogens (tertiary/aromatic N) is 1. The van der Waals surface area contributed by atoms with Crippen LogP contribution < -0.4 is 4.74 Å². The van der Waals surface area contributed by atoms with Crippen molar-refractivity contribution in [3.05, 3.63) is 106 Å². The Bertz CT molecular complexity index is 1420. The standard InChI is InChI=1S/C27H19F2NO2S/c28-23-12-17-7-9-19(30-25(17)14-24(23)29)8-5-16-6-10-26-22(11-16)21(13-27(31)33)20-4-2-1-3-18(20)15-32-26/h1-12,14,21H,13,15H2,(H,31,33)/b8-5+. The summed E-state index contributed by atoms with van der Waals surface area (Å²) in [6.45, 7) is 0.438. The molecule has 0 N–H and O–H groups in total. The van der Waals surface area contributed by atoms with Crippen LogP contribution in [0.25, 0.3) is 23.1 Å². The van der Waals surface area contributed by atoms with Gasteiger partial charge in [-0.1, -0.05) is 42.5 Å². The summed E-state index contributed by atoms with van der Waals surface area (Å²) in [5.41, 5.74) is 4.94. The minimum Gasteiger partial charge on any atom is -0.489 e. The maximum atomic E-state index is 13.6. The van der Waals surface area contributed by atoms with E-state index in [9.17, 15) is 13.6 Å². The van der Waals surface area contributed by atoms with Crippen molar-refractivity contribution in [2.75, 3.05) is 0 Å². The minimum absolute atomic E-state index is 0.159. The number of fused-ring (bicyclic) bond motifs is 3. The molecule has 0 bridgehead atoms. The molecule has 0 radical (unpaired) electrons. The molecule has 164 valence electrons. The number of aromatic nitrogens is 1. The first kappa shape index (κ1) is 21.3. The fourth-order valence-electron chi connectivity index (χ4n) is 4.21. The third-order valence-corrected chi connectivity index (χ3v) is 5.98. The molecule has 0 saturated carbocycles. The molecular formula is C27H19F2NO2S. The molecule has 1 unspecified atom stereocenters. The Hall–Kier alpha value is -3.51. The van der Waals surface area contributed by atoms with Crippen LogP contribution in [0.5, 0.6) is 5.75 Å². The molecule has 2 heterocycles. The summed E-state index contributed by atoms with van der Waals surface area (Å²) in [6.07, 6.45) is 3.97. The van der Waals surface area contributed by atoms with Crippen molar-refractivity contribution in [1.29, 1.82) is 0 Å². The zero-order chi connectivity index (χ0) is 22.9. The molecule has 0 saturated heterocycles. The highest BCUT2D eigenvalue weighted by Gasteiger charge is 2.26. The lowest BCUT2D eigenvalue weighted by atomic mass is 9.85. The van der Waals surface area contributed by atoms with Crippen LogP contribution in [0.2, 0.25) is 0 Å². The lowest BCUT2D eigenvalue weighted by molar-refractivity contribution is -0.111. The summed E-state index contributed by atoms with van der Waals surface area (Å²) in [4.78, 5) is 16.3. The summed E-state index contributed by atoms with van der Waals surface area (Å²) in [7, 11) is 0. The Labute approximate surface area is 195 Å². The van der Waals surface area contributed by atoms with Crippen LogP contribution in [0.3, 0.4) is 0 Å². The van der Waals surface area contributed by atoms with E-state index in [4.69, 9.17) is 4.74 Å². The van der Waals surface area contributed by atoms with Crippen molar-refractivity contribution >= 4 is 40.8 Å². The largest absolute Gasteiger partial charge is 0.489 e. The molecule has 0 aliphatic carbocycles. The van der Waals surface area contributed by atoms with Crippen molar-refractivity contribution < 1.29 is 18.3 Å². The van der Waals surface area contributed by atoms with E-state index < -0.39 is 11.6 Å². The highest BCUT2D eigenvalue weighted by molar-refractivity contribution is 7.96. The van der Waals surface area contributed by atoms with E-state index in [-0.39, 0.29) is 17.5 Å². The number of pyridine rings is 1. The fourth-order valence-corrected chi connectivity index (χ4v) is 4.39. The zero-order valence-corrected chi connectivity index (χ0v) is 18.4. The highest BCUT2D eigenvalue weighted by atomic mass is 32.1. The maximum absolute atomic E-state index is 13.6. The van der Waals surface area contributed by atoms with E-state index in [1.807, 2.05) is 54.6 Å². The highest BCUT2D eigenvalue weighted by Crippen LogP contribution is 2.40. The Morgan fingerprint density at radius 1 is 1.00 bits per heavy atom. The SMILES string of the molecule is O=C(S)CC1c2ccccc2COc2ccc(/C=C/c3ccc4cc(F)c(F)cc4n3)cc21. The molecule has 1 aromatic heterocycles. The van der Waals surface area contributed by atoms with Gasteiger partial charge in [-0.2, -0.15) is 0 Å². The predicted octanol–water partition coefficient (Wildman–Crippen LogP) is 6.55. The second-order valence-corrected chi connectivity index (χ2v) is 8.46. The van der Waals surface area contributed by atoms with Gasteiger partial charge in [0.2, 0.25) is 0 Å². The Morgan fingerprint density at radius 2 is 1.82 bits per heavy atom. The Balaban J connectivity index is 1.51. The normalized spacial score (nSPS) is 15.1. The van der Waals surface area contributed by atoms with Gasteiger partial charge < -0.3 is 4.74 Å². The number of rotatable bonds is 4. The summed E-state index contributed by atoms with van der Waals surface area (Å²) in [5, 5.41) is 0.346. The topological polar surface area (TPSA) is 39.2 Å². The van der Waals surface area contributed by atoms with Crippen molar-refractivity contribution in [1.82, 2.24) is 4.98 Å². The number of hydrogen-bond donors (Lipinski definition) is 1. The van der Waals surface area contributed by atoms with Gasteiger partial charge in [-0.3, -0.25) is 4.79 Å². The van der Waals surface area contributed by atoms with Gasteiger partial charge in [0.05, 0.1) is 11.2 Å². The number of carbonyl (C=O) groups excluding carboxylic acids is 1. The summed E-state index contributed by atoms with van der Waals surface area (Å²) < 4.78 is 33.1. The molecule has 0 fully saturated rings. The molecule has 0 amide bonds. The monoisotopic (exact) mass is 459 g/mol. The van der Waals surface area contributed by atoms with Crippen molar-refractivity contribution in [2.45, 2.75) is 18.9 Å². The first-order valence-electron chi connectivity index (χ1n) is 10.5. The van der Waals surface area contributed by atoms with Crippen molar-refractivity contribution in [2.24, 2.45) is 0 Å². The van der Waals surface area contributed by atoms with Crippen LogP contribution in [0, 0.1) is 11.6 Å². The maximum Gasteiger partial charge on any atom is 0.186 e. The number of thiol groups is 1. The van der Waals surface area contributed by atoms with Gasteiger partial charge in [0, 0.05) is 29.4 Å². The van der Waals surface area contributed by atoms with Crippen LogP contribution in [0.4, 0.5) is 8.78 Å². The quantitative estimate of drug-likeness (QED) is 0.352. The molecule has 33 heavy (non-hydrogen) atoms. The smallest absolute Gasteiger partial charge is 0.186 e. The first-order valence-corrected chi connectivity index (χ1v) is 10.9. The molecule has 5 rings (SSSR count). The molecule has 1 aliphatic rings. The van der Waals surface area contributed by atoms with Gasteiger partial charge in [-0.25, -0.2) is 13.8 Å². The lowest BCUT2D eigenvalue weighted by Crippen LogP contribution is -2.06. The van der Waals surface area contributed by atoms with Crippen LogP contribution in [-0.4, -0.2) is 10.1 Å². The second-order valence-electron chi connectivity index (χ2n) is 7.96. The van der Waals surface area contributed by atoms with Gasteiger partial charge in [-0.15, -0.1) is 12.6 Å². The minimum atomic E-state index is -0.924. The third kappa shape index (κ3) is 4.39. The summed E-state index contributed by atoms with van der Waals surface area (Å²) in [6, 6.07) is 19.5. The van der Waals surface area contributed by atoms with E-state index in [1.54, 1.807) is 12.1 Å². The predicted molar refractivity (Wildman–Crippen MR) is 128 cm³/mol. The molecule has 1 atom stereocenters. The number of benzene rings is 3. The molecule has 0 spiro atoms. The van der Waals surface area contributed by atoms with Crippen molar-refractivity contribution in [3.63, 3.8) is 0 Å². The van der Waals surface area contributed by atoms with E-state index in [1.165, 1.54) is 0 Å². The molecular weight excluding hydrogens is 440 g/mol. The van der Waals surface area contributed by atoms with Crippen molar-refractivity contribution in [3.8, 4) is 5.75 Å². The fraction of sp³-hybridized carbons (Fsp3) is 0.111. The van der Waals surface area contributed by atoms with Gasteiger partial charge in [0.15, 0.2) is 16.7 Å². The molecule has 1 aliphatic heterocycles. The molecule has 6 heteroatoms. The lowest BCUT2D eigenvalue weighted by Gasteiger charge is -2.18. The van der Waals surface area contributed by atoms with Gasteiger partial charge >= 0.3 is 0 Å². The average Bonchev–Trinajstić information content (AvgIpc) is 2.95. The number of ether oxygens (including phenoxy) is 1. The van der Waals surface area contributed by atoms with Crippen LogP contribution in [0.1, 0.15) is 40.3 Å². The van der Waals surface area contributed by atoms with Crippen LogP contribution in [0.15, 0.2) is 66.7 Å². The van der Waals surface area contributed by atoms with E-state index in [0.717, 1.165) is 40.1 Å². The molecule has 3 aromatic carbocycles. The molecule has 4 aromatic rings. The number of carbonyl (C=O) groups is 1. The second kappa shape index (κ2) is 8.79. The van der Waals surface area contributed by atoms with E-state index in [0.29, 0.717) is 23.2 Å². The van der Waals surface area contributed by atoms with E-state index in [2.05, 4.69) is 17.6 Å². The number of halogens is 2. The van der Waals surface area contributed by atoms with Gasteiger partial charge in [0.1, 0.15) is 12.4 Å².